The maximum atomic E-state index is 12.3. The number of hydrogen-bond acceptors (Lipinski definition) is 17. The largest absolute Gasteiger partial charge is 0.480 e. The Morgan fingerprint density at radius 3 is 1.45 bits per heavy atom. The molecular weight excluding hydrogens is 1030 g/mol. The van der Waals surface area contributed by atoms with Gasteiger partial charge in [-0.3, -0.25) is 38.3 Å². The van der Waals surface area contributed by atoms with Gasteiger partial charge in [-0.1, -0.05) is 89.2 Å². The van der Waals surface area contributed by atoms with Crippen molar-refractivity contribution in [3.63, 3.8) is 0 Å². The molecule has 0 radical (unpaired) electrons. The monoisotopic (exact) mass is 1120 g/mol. The van der Waals surface area contributed by atoms with Gasteiger partial charge in [-0.15, -0.1) is 10.2 Å². The van der Waals surface area contributed by atoms with Crippen LogP contribution in [0.4, 0.5) is 0 Å². The van der Waals surface area contributed by atoms with Crippen LogP contribution < -0.4 is 36.6 Å². The summed E-state index contributed by atoms with van der Waals surface area (Å²) < 4.78 is 48.0. The van der Waals surface area contributed by atoms with Crippen molar-refractivity contribution in [2.24, 2.45) is 0 Å². The Morgan fingerprint density at radius 2 is 0.935 bits per heavy atom. The second kappa shape index (κ2) is 47.8. The molecule has 442 valence electrons. The molecule has 9 N–H and O–H groups in total. The van der Waals surface area contributed by atoms with Crippen molar-refractivity contribution in [3.8, 4) is 0 Å². The van der Waals surface area contributed by atoms with Gasteiger partial charge in [0.15, 0.2) is 5.82 Å². The minimum absolute atomic E-state index is 0.0325. The Balaban J connectivity index is 1.90. The van der Waals surface area contributed by atoms with Crippen molar-refractivity contribution in [3.05, 3.63) is 5.82 Å². The van der Waals surface area contributed by atoms with Gasteiger partial charge in [0.2, 0.25) is 51.4 Å². The Kier molecular flexibility index (Phi) is 43.2. The first-order valence-electron chi connectivity index (χ1n) is 27.6. The SMILES string of the molecule is CCCCNC(=O)CCCNC(=O)CCC(NC(=O)COCCOCCNC(=O)COCCOCCNC(=O)CCCNC(=O)CCCS(=O)(=O)NC(=O)CCCCCCCCCCCCCCCc1nn[nH]n1)C(=O)O. The summed E-state index contributed by atoms with van der Waals surface area (Å²) in [5.74, 6) is -3.49. The van der Waals surface area contributed by atoms with Crippen molar-refractivity contribution >= 4 is 57.3 Å². The van der Waals surface area contributed by atoms with Crippen LogP contribution in [-0.2, 0) is 73.7 Å². The number of aryl methyl sites for hydroxylation is 1. The zero-order chi connectivity index (χ0) is 56.5. The van der Waals surface area contributed by atoms with Gasteiger partial charge in [0.05, 0.1) is 45.4 Å². The number of amides is 7. The second-order valence-corrected chi connectivity index (χ2v) is 20.4. The standard InChI is InChI=1S/C50H91N11O15S/c1-2-3-27-51-43(62)22-17-29-53-46(65)26-25-41(50(69)70)56-49(68)40-76-37-35-74-33-31-55-48(67)39-75-36-34-73-32-30-54-44(63)23-18-28-52-45(64)24-19-38-77(71,72)59-47(66)21-16-14-12-10-8-6-4-5-7-9-11-13-15-20-42-57-60-61-58-42/h41H,2-40H2,1H3,(H,51,62)(H,52,64)(H,53,65)(H,54,63)(H,55,67)(H,56,68)(H,59,66)(H,69,70)(H,57,58,60,61). The van der Waals surface area contributed by atoms with E-state index in [9.17, 15) is 51.9 Å². The molecule has 1 aromatic rings. The van der Waals surface area contributed by atoms with E-state index in [1.54, 1.807) is 0 Å². The molecule has 0 saturated carbocycles. The molecule has 1 heterocycles. The first-order valence-corrected chi connectivity index (χ1v) is 29.3. The number of carbonyl (C=O) groups is 8. The fourth-order valence-electron chi connectivity index (χ4n) is 7.33. The number of tetrazole rings is 1. The molecule has 1 rings (SSSR count). The topological polar surface area (TPSA) is 367 Å². The van der Waals surface area contributed by atoms with Crippen molar-refractivity contribution in [1.29, 1.82) is 0 Å². The lowest BCUT2D eigenvalue weighted by Gasteiger charge is -2.14. The number of aromatic amines is 1. The highest BCUT2D eigenvalue weighted by atomic mass is 32.2. The number of carbonyl (C=O) groups excluding carboxylic acids is 7. The van der Waals surface area contributed by atoms with Gasteiger partial charge in [-0.2, -0.15) is 5.21 Å². The average molecular weight is 1120 g/mol. The molecule has 0 aliphatic heterocycles. The van der Waals surface area contributed by atoms with Crippen molar-refractivity contribution in [1.82, 2.24) is 57.2 Å². The number of H-pyrrole nitrogens is 1. The van der Waals surface area contributed by atoms with E-state index < -0.39 is 40.5 Å². The number of ether oxygens (including phenoxy) is 4. The van der Waals surface area contributed by atoms with Gasteiger partial charge in [0.1, 0.15) is 19.3 Å². The van der Waals surface area contributed by atoms with E-state index in [0.717, 1.165) is 57.2 Å². The summed E-state index contributed by atoms with van der Waals surface area (Å²) in [7, 11) is -3.84. The number of hydrogen-bond donors (Lipinski definition) is 9. The third-order valence-electron chi connectivity index (χ3n) is 11.6. The lowest BCUT2D eigenvalue weighted by molar-refractivity contribution is -0.143. The van der Waals surface area contributed by atoms with Crippen LogP contribution in [0.3, 0.4) is 0 Å². The first kappa shape index (κ1) is 69.6. The van der Waals surface area contributed by atoms with Crippen LogP contribution >= 0.6 is 0 Å². The van der Waals surface area contributed by atoms with Crippen LogP contribution in [0.1, 0.15) is 167 Å². The van der Waals surface area contributed by atoms with Crippen molar-refractivity contribution in [2.75, 3.05) is 91.3 Å². The Labute approximate surface area is 454 Å². The lowest BCUT2D eigenvalue weighted by Crippen LogP contribution is -2.43. The van der Waals surface area contributed by atoms with Crippen LogP contribution in [0.25, 0.3) is 0 Å². The van der Waals surface area contributed by atoms with Gasteiger partial charge >= 0.3 is 5.97 Å². The number of aromatic nitrogens is 4. The second-order valence-electron chi connectivity index (χ2n) is 18.5. The molecule has 1 atom stereocenters. The molecule has 0 aromatic carbocycles. The van der Waals surface area contributed by atoms with E-state index in [-0.39, 0.29) is 153 Å². The zero-order valence-corrected chi connectivity index (χ0v) is 46.4. The number of rotatable bonds is 53. The summed E-state index contributed by atoms with van der Waals surface area (Å²) >= 11 is 0. The normalized spacial score (nSPS) is 11.6. The molecule has 7 amide bonds. The van der Waals surface area contributed by atoms with Gasteiger partial charge in [-0.05, 0) is 44.9 Å². The van der Waals surface area contributed by atoms with Crippen LogP contribution in [0, 0.1) is 0 Å². The molecule has 0 fully saturated rings. The summed E-state index contributed by atoms with van der Waals surface area (Å²) in [6.45, 7) is 3.82. The minimum atomic E-state index is -3.84. The predicted octanol–water partition coefficient (Wildman–Crippen LogP) is 1.79. The van der Waals surface area contributed by atoms with Crippen LogP contribution in [0.5, 0.6) is 0 Å². The fourth-order valence-corrected chi connectivity index (χ4v) is 8.40. The molecule has 1 aromatic heterocycles. The van der Waals surface area contributed by atoms with Crippen molar-refractivity contribution < 1.29 is 70.8 Å². The summed E-state index contributed by atoms with van der Waals surface area (Å²) in [6.07, 6.45) is 18.4. The molecule has 1 unspecified atom stereocenters. The van der Waals surface area contributed by atoms with E-state index in [4.69, 9.17) is 18.9 Å². The van der Waals surface area contributed by atoms with Crippen LogP contribution in [-0.4, -0.2) is 179 Å². The van der Waals surface area contributed by atoms with E-state index in [1.165, 1.54) is 44.9 Å². The highest BCUT2D eigenvalue weighted by molar-refractivity contribution is 7.90. The van der Waals surface area contributed by atoms with E-state index in [2.05, 4.69) is 57.2 Å². The average Bonchev–Trinajstić information content (AvgIpc) is 3.91. The number of sulfonamides is 1. The van der Waals surface area contributed by atoms with Gasteiger partial charge < -0.3 is 56.0 Å². The molecule has 0 aliphatic carbocycles. The molecule has 77 heavy (non-hydrogen) atoms. The van der Waals surface area contributed by atoms with E-state index in [0.29, 0.717) is 25.8 Å². The number of aliphatic carboxylic acids is 1. The van der Waals surface area contributed by atoms with Crippen LogP contribution in [0.15, 0.2) is 0 Å². The first-order chi connectivity index (χ1) is 37.2. The van der Waals surface area contributed by atoms with Gasteiger partial charge in [0.25, 0.3) is 0 Å². The fraction of sp³-hybridized carbons (Fsp3) is 0.820. The maximum Gasteiger partial charge on any atom is 0.326 e. The number of carboxylic acids is 1. The number of carboxylic acid groups (broad SMARTS) is 1. The number of nitrogens with zero attached hydrogens (tertiary/aromatic N) is 3. The minimum Gasteiger partial charge on any atom is -0.480 e. The molecular formula is C50H91N11O15S. The third-order valence-corrected chi connectivity index (χ3v) is 12.9. The van der Waals surface area contributed by atoms with Gasteiger partial charge in [0, 0.05) is 71.2 Å². The summed E-state index contributed by atoms with van der Waals surface area (Å²) in [6, 6.07) is -1.28. The summed E-state index contributed by atoms with van der Waals surface area (Å²) in [4.78, 5) is 96.0. The summed E-state index contributed by atoms with van der Waals surface area (Å²) in [5.41, 5.74) is 0. The predicted molar refractivity (Wildman–Crippen MR) is 284 cm³/mol. The summed E-state index contributed by atoms with van der Waals surface area (Å²) in [5, 5.41) is 39.1. The van der Waals surface area contributed by atoms with Crippen molar-refractivity contribution in [2.45, 2.75) is 173 Å². The Bertz CT molecular complexity index is 1880. The molecule has 26 nitrogen and oxygen atoms in total. The smallest absolute Gasteiger partial charge is 0.326 e. The molecule has 0 saturated heterocycles. The third kappa shape index (κ3) is 45.4. The number of unbranched alkanes of at least 4 members (excludes halogenated alkanes) is 13. The van der Waals surface area contributed by atoms with E-state index >= 15 is 0 Å². The zero-order valence-electron chi connectivity index (χ0n) is 45.6. The number of nitrogens with one attached hydrogen (secondary N) is 8. The molecule has 0 aliphatic rings. The Morgan fingerprint density at radius 1 is 0.494 bits per heavy atom. The van der Waals surface area contributed by atoms with Crippen LogP contribution in [0.2, 0.25) is 0 Å². The molecule has 0 spiro atoms. The lowest BCUT2D eigenvalue weighted by atomic mass is 10.0. The quantitative estimate of drug-likeness (QED) is 0.0420. The highest BCUT2D eigenvalue weighted by Gasteiger charge is 2.21. The van der Waals surface area contributed by atoms with Gasteiger partial charge in [-0.25, -0.2) is 13.2 Å². The maximum absolute atomic E-state index is 12.3. The molecule has 27 heteroatoms. The Hall–Kier alpha value is -5.38. The van der Waals surface area contributed by atoms with E-state index in [1.807, 2.05) is 6.92 Å². The molecule has 0 bridgehead atoms. The highest BCUT2D eigenvalue weighted by Crippen LogP contribution is 2.14.